The van der Waals surface area contributed by atoms with Gasteiger partial charge in [0.2, 0.25) is 0 Å². The van der Waals surface area contributed by atoms with E-state index in [1.807, 2.05) is 0 Å². The minimum atomic E-state index is -4.64. The summed E-state index contributed by atoms with van der Waals surface area (Å²) in [5.41, 5.74) is -2.19. The Labute approximate surface area is 104 Å². The van der Waals surface area contributed by atoms with Crippen LogP contribution in [0.25, 0.3) is 10.9 Å². The first-order valence-corrected chi connectivity index (χ1v) is 5.16. The number of aromatic nitrogens is 1. The van der Waals surface area contributed by atoms with Crippen molar-refractivity contribution in [3.05, 3.63) is 45.7 Å². The predicted octanol–water partition coefficient (Wildman–Crippen LogP) is 2.33. The lowest BCUT2D eigenvalue weighted by Crippen LogP contribution is -2.16. The van der Waals surface area contributed by atoms with Crippen LogP contribution in [0.3, 0.4) is 0 Å². The molecule has 1 heterocycles. The third kappa shape index (κ3) is 2.31. The molecule has 0 fully saturated rings. The number of alkyl halides is 3. The molecule has 0 aliphatic heterocycles. The van der Waals surface area contributed by atoms with Crippen LogP contribution < -0.4 is 5.43 Å². The Hall–Kier alpha value is -2.31. The monoisotopic (exact) mass is 271 g/mol. The summed E-state index contributed by atoms with van der Waals surface area (Å²) in [5.74, 6) is -0.823. The number of methoxy groups -OCH3 is 1. The summed E-state index contributed by atoms with van der Waals surface area (Å²) in [7, 11) is 1.11. The fourth-order valence-electron chi connectivity index (χ4n) is 1.76. The van der Waals surface area contributed by atoms with E-state index in [4.69, 9.17) is 0 Å². The van der Waals surface area contributed by atoms with Crippen molar-refractivity contribution in [3.8, 4) is 0 Å². The molecule has 0 bridgehead atoms. The van der Waals surface area contributed by atoms with E-state index >= 15 is 0 Å². The van der Waals surface area contributed by atoms with Crippen LogP contribution in [0.15, 0.2) is 29.1 Å². The summed E-state index contributed by atoms with van der Waals surface area (Å²) in [6, 6.07) is 4.05. The maximum atomic E-state index is 12.8. The highest BCUT2D eigenvalue weighted by Crippen LogP contribution is 2.32. The van der Waals surface area contributed by atoms with Gasteiger partial charge in [0, 0.05) is 6.07 Å². The van der Waals surface area contributed by atoms with E-state index in [9.17, 15) is 22.8 Å². The third-order valence-corrected chi connectivity index (χ3v) is 2.57. The number of rotatable bonds is 1. The quantitative estimate of drug-likeness (QED) is 0.810. The maximum absolute atomic E-state index is 12.8. The number of hydrogen-bond acceptors (Lipinski definition) is 3. The van der Waals surface area contributed by atoms with Crippen LogP contribution in [-0.2, 0) is 10.9 Å². The third-order valence-electron chi connectivity index (χ3n) is 2.57. The number of nitrogens with one attached hydrogen (secondary N) is 1. The van der Waals surface area contributed by atoms with E-state index in [2.05, 4.69) is 9.72 Å². The second kappa shape index (κ2) is 4.42. The minimum absolute atomic E-state index is 0.0669. The van der Waals surface area contributed by atoms with Crippen molar-refractivity contribution < 1.29 is 22.7 Å². The van der Waals surface area contributed by atoms with Gasteiger partial charge in [-0.1, -0.05) is 6.07 Å². The molecule has 0 spiro atoms. The SMILES string of the molecule is COC(=O)c1cc(=O)c2c(C(F)(F)F)cccc2[nH]1. The van der Waals surface area contributed by atoms with Crippen LogP contribution in [0.5, 0.6) is 0 Å². The zero-order valence-electron chi connectivity index (χ0n) is 9.67. The van der Waals surface area contributed by atoms with Gasteiger partial charge in [-0.3, -0.25) is 4.79 Å². The molecule has 4 nitrogen and oxygen atoms in total. The van der Waals surface area contributed by atoms with E-state index in [0.717, 1.165) is 25.3 Å². The van der Waals surface area contributed by atoms with E-state index in [1.165, 1.54) is 6.07 Å². The molecule has 1 N–H and O–H groups in total. The number of esters is 1. The molecular weight excluding hydrogens is 263 g/mol. The summed E-state index contributed by atoms with van der Waals surface area (Å²) in [4.78, 5) is 25.5. The number of benzene rings is 1. The van der Waals surface area contributed by atoms with Crippen LogP contribution in [0.1, 0.15) is 16.1 Å². The van der Waals surface area contributed by atoms with Gasteiger partial charge in [0.15, 0.2) is 5.43 Å². The molecule has 2 rings (SSSR count). The molecule has 0 aliphatic rings. The largest absolute Gasteiger partial charge is 0.464 e. The van der Waals surface area contributed by atoms with Crippen LogP contribution >= 0.6 is 0 Å². The van der Waals surface area contributed by atoms with Gasteiger partial charge in [-0.25, -0.2) is 4.79 Å². The first-order valence-electron chi connectivity index (χ1n) is 5.16. The Morgan fingerprint density at radius 2 is 2.00 bits per heavy atom. The topological polar surface area (TPSA) is 59.2 Å². The van der Waals surface area contributed by atoms with Crippen LogP contribution in [0, 0.1) is 0 Å². The molecule has 0 aliphatic carbocycles. The Balaban J connectivity index is 2.81. The molecule has 100 valence electrons. The second-order valence-corrected chi connectivity index (χ2v) is 3.76. The van der Waals surface area contributed by atoms with Crippen molar-refractivity contribution >= 4 is 16.9 Å². The van der Waals surface area contributed by atoms with Gasteiger partial charge in [0.05, 0.1) is 23.6 Å². The number of carbonyl (C=O) groups is 1. The molecule has 1 aromatic heterocycles. The molecule has 0 amide bonds. The standard InChI is InChI=1S/C12H8F3NO3/c1-19-11(18)8-5-9(17)10-6(12(13,14)15)3-2-4-7(10)16-8/h2-5H,1H3,(H,16,17). The summed E-state index contributed by atoms with van der Waals surface area (Å²) < 4.78 is 42.7. The molecule has 0 saturated heterocycles. The lowest BCUT2D eigenvalue weighted by atomic mass is 10.1. The first-order chi connectivity index (χ1) is 8.84. The molecule has 7 heteroatoms. The first kappa shape index (κ1) is 13.1. The van der Waals surface area contributed by atoms with Crippen LogP contribution in [0.2, 0.25) is 0 Å². The van der Waals surface area contributed by atoms with Gasteiger partial charge >= 0.3 is 12.1 Å². The van der Waals surface area contributed by atoms with Crippen molar-refractivity contribution in [1.29, 1.82) is 0 Å². The Morgan fingerprint density at radius 3 is 2.58 bits per heavy atom. The highest BCUT2D eigenvalue weighted by molar-refractivity contribution is 5.91. The van der Waals surface area contributed by atoms with Gasteiger partial charge in [-0.2, -0.15) is 13.2 Å². The molecule has 19 heavy (non-hydrogen) atoms. The molecule has 1 aromatic carbocycles. The van der Waals surface area contributed by atoms with Crippen molar-refractivity contribution in [1.82, 2.24) is 4.98 Å². The number of aromatic amines is 1. The van der Waals surface area contributed by atoms with E-state index in [-0.39, 0.29) is 11.2 Å². The van der Waals surface area contributed by atoms with Crippen LogP contribution in [-0.4, -0.2) is 18.1 Å². The van der Waals surface area contributed by atoms with E-state index < -0.39 is 28.5 Å². The number of pyridine rings is 1. The average Bonchev–Trinajstić information content (AvgIpc) is 2.35. The van der Waals surface area contributed by atoms with Gasteiger partial charge < -0.3 is 9.72 Å². The number of hydrogen-bond donors (Lipinski definition) is 1. The Bertz CT molecular complexity index is 703. The summed E-state index contributed by atoms with van der Waals surface area (Å²) in [6.45, 7) is 0. The van der Waals surface area contributed by atoms with Crippen LogP contribution in [0.4, 0.5) is 13.2 Å². The highest BCUT2D eigenvalue weighted by atomic mass is 19.4. The number of ether oxygens (including phenoxy) is 1. The fraction of sp³-hybridized carbons (Fsp3) is 0.167. The maximum Gasteiger partial charge on any atom is 0.417 e. The Kier molecular flexibility index (Phi) is 3.05. The van der Waals surface area contributed by atoms with E-state index in [0.29, 0.717) is 0 Å². The number of carbonyl (C=O) groups excluding carboxylic acids is 1. The van der Waals surface area contributed by atoms with Crippen molar-refractivity contribution in [2.45, 2.75) is 6.18 Å². The summed E-state index contributed by atoms with van der Waals surface area (Å²) in [5, 5.41) is -0.498. The molecule has 0 unspecified atom stereocenters. The molecule has 0 radical (unpaired) electrons. The molecule has 0 saturated carbocycles. The fourth-order valence-corrected chi connectivity index (χ4v) is 1.76. The lowest BCUT2D eigenvalue weighted by molar-refractivity contribution is -0.136. The molecule has 0 atom stereocenters. The number of fused-ring (bicyclic) bond motifs is 1. The van der Waals surface area contributed by atoms with Gasteiger partial charge in [-0.05, 0) is 12.1 Å². The Morgan fingerprint density at radius 1 is 1.32 bits per heavy atom. The molecular formula is C12H8F3NO3. The summed E-state index contributed by atoms with van der Waals surface area (Å²) in [6.07, 6.45) is -4.64. The predicted molar refractivity (Wildman–Crippen MR) is 60.9 cm³/mol. The average molecular weight is 271 g/mol. The normalized spacial score (nSPS) is 11.6. The van der Waals surface area contributed by atoms with Crippen molar-refractivity contribution in [2.75, 3.05) is 7.11 Å². The smallest absolute Gasteiger partial charge is 0.417 e. The molecule has 2 aromatic rings. The van der Waals surface area contributed by atoms with Crippen molar-refractivity contribution in [2.24, 2.45) is 0 Å². The number of halogens is 3. The number of H-pyrrole nitrogens is 1. The zero-order chi connectivity index (χ0) is 14.2. The van der Waals surface area contributed by atoms with E-state index in [1.54, 1.807) is 0 Å². The van der Waals surface area contributed by atoms with Gasteiger partial charge in [0.25, 0.3) is 0 Å². The lowest BCUT2D eigenvalue weighted by Gasteiger charge is -2.10. The zero-order valence-corrected chi connectivity index (χ0v) is 9.67. The highest BCUT2D eigenvalue weighted by Gasteiger charge is 2.33. The van der Waals surface area contributed by atoms with Crippen molar-refractivity contribution in [3.63, 3.8) is 0 Å². The van der Waals surface area contributed by atoms with Gasteiger partial charge in [0.1, 0.15) is 5.69 Å². The summed E-state index contributed by atoms with van der Waals surface area (Å²) >= 11 is 0. The minimum Gasteiger partial charge on any atom is -0.464 e. The van der Waals surface area contributed by atoms with Gasteiger partial charge in [-0.15, -0.1) is 0 Å². The second-order valence-electron chi connectivity index (χ2n) is 3.76.